The number of hydrogen-bond acceptors (Lipinski definition) is 5. The normalized spacial score (nSPS) is 15.7. The lowest BCUT2D eigenvalue weighted by molar-refractivity contribution is -0.384. The van der Waals surface area contributed by atoms with Crippen molar-refractivity contribution in [2.45, 2.75) is 31.9 Å². The predicted octanol–water partition coefficient (Wildman–Crippen LogP) is 0.431. The summed E-state index contributed by atoms with van der Waals surface area (Å²) in [6.07, 6.45) is 2.89. The summed E-state index contributed by atoms with van der Waals surface area (Å²) in [6.45, 7) is 3.06. The molecule has 3 N–H and O–H groups in total. The van der Waals surface area contributed by atoms with Crippen LogP contribution in [0.3, 0.4) is 0 Å². The molecule has 1 atom stereocenters. The van der Waals surface area contributed by atoms with Crippen molar-refractivity contribution in [2.24, 2.45) is 0 Å². The Morgan fingerprint density at radius 1 is 1.57 bits per heavy atom. The minimum Gasteiger partial charge on any atom is -0.392 e. The Labute approximate surface area is 122 Å². The van der Waals surface area contributed by atoms with E-state index in [0.717, 1.165) is 12.8 Å². The molecule has 1 heterocycles. The molecule has 0 saturated heterocycles. The van der Waals surface area contributed by atoms with Gasteiger partial charge in [0.15, 0.2) is 0 Å². The molecule has 1 aliphatic carbocycles. The molecule has 1 amide bonds. The van der Waals surface area contributed by atoms with E-state index >= 15 is 0 Å². The summed E-state index contributed by atoms with van der Waals surface area (Å²) < 4.78 is 1.69. The number of rotatable bonds is 8. The van der Waals surface area contributed by atoms with Crippen molar-refractivity contribution in [3.05, 3.63) is 28.1 Å². The van der Waals surface area contributed by atoms with Crippen LogP contribution in [0.5, 0.6) is 0 Å². The number of aliphatic hydroxyl groups is 1. The molecular weight excluding hydrogens is 276 g/mol. The van der Waals surface area contributed by atoms with E-state index in [1.54, 1.807) is 11.5 Å². The number of nitrogens with zero attached hydrogens (tertiary/aromatic N) is 2. The second kappa shape index (κ2) is 6.68. The fourth-order valence-corrected chi connectivity index (χ4v) is 2.07. The molecule has 0 spiro atoms. The molecule has 1 aromatic heterocycles. The molecule has 1 fully saturated rings. The molecule has 116 valence electrons. The van der Waals surface area contributed by atoms with Crippen molar-refractivity contribution in [3.63, 3.8) is 0 Å². The molecule has 1 aromatic rings. The van der Waals surface area contributed by atoms with Gasteiger partial charge in [0.2, 0.25) is 0 Å². The van der Waals surface area contributed by atoms with Gasteiger partial charge in [0.25, 0.3) is 11.6 Å². The molecule has 0 bridgehead atoms. The number of carbonyl (C=O) groups excluding carboxylic acids is 1. The summed E-state index contributed by atoms with van der Waals surface area (Å²) in [5, 5.41) is 25.6. The molecule has 1 aliphatic rings. The molecule has 8 nitrogen and oxygen atoms in total. The number of carbonyl (C=O) groups is 1. The van der Waals surface area contributed by atoms with E-state index in [1.807, 2.05) is 0 Å². The first kappa shape index (κ1) is 15.5. The van der Waals surface area contributed by atoms with Crippen molar-refractivity contribution >= 4 is 11.6 Å². The lowest BCUT2D eigenvalue weighted by Gasteiger charge is -2.09. The van der Waals surface area contributed by atoms with Crippen LogP contribution in [0.1, 0.15) is 36.3 Å². The molecule has 21 heavy (non-hydrogen) atoms. The van der Waals surface area contributed by atoms with Gasteiger partial charge in [0, 0.05) is 31.7 Å². The molecule has 8 heteroatoms. The fourth-order valence-electron chi connectivity index (χ4n) is 2.07. The van der Waals surface area contributed by atoms with Gasteiger partial charge in [0.05, 0.1) is 17.2 Å². The van der Waals surface area contributed by atoms with Crippen LogP contribution in [0, 0.1) is 10.1 Å². The van der Waals surface area contributed by atoms with Gasteiger partial charge in [0.1, 0.15) is 5.69 Å². The van der Waals surface area contributed by atoms with Crippen LogP contribution < -0.4 is 10.6 Å². The first-order valence-corrected chi connectivity index (χ1v) is 7.02. The van der Waals surface area contributed by atoms with Gasteiger partial charge in [-0.1, -0.05) is 0 Å². The van der Waals surface area contributed by atoms with Crippen molar-refractivity contribution in [1.82, 2.24) is 15.2 Å². The molecular formula is C13H20N4O4. The standard InChI is InChI=1S/C13H20N4O4/c1-9(18)7-14-4-5-15-13(19)12-6-11(17(20)21)8-16(12)10-2-3-10/h6,8-10,14,18H,2-5,7H2,1H3,(H,15,19). The molecule has 1 saturated carbocycles. The maximum absolute atomic E-state index is 12.1. The van der Waals surface area contributed by atoms with Crippen molar-refractivity contribution in [2.75, 3.05) is 19.6 Å². The van der Waals surface area contributed by atoms with Gasteiger partial charge in [-0.25, -0.2) is 0 Å². The highest BCUT2D eigenvalue weighted by Crippen LogP contribution is 2.37. The highest BCUT2D eigenvalue weighted by Gasteiger charge is 2.30. The summed E-state index contributed by atoms with van der Waals surface area (Å²) in [4.78, 5) is 22.4. The van der Waals surface area contributed by atoms with Gasteiger partial charge < -0.3 is 20.3 Å². The first-order chi connectivity index (χ1) is 9.99. The smallest absolute Gasteiger partial charge is 0.287 e. The van der Waals surface area contributed by atoms with Crippen LogP contribution in [0.25, 0.3) is 0 Å². The number of amides is 1. The zero-order valence-electron chi connectivity index (χ0n) is 11.9. The van der Waals surface area contributed by atoms with Crippen molar-refractivity contribution < 1.29 is 14.8 Å². The quantitative estimate of drug-likeness (QED) is 0.366. The Balaban J connectivity index is 1.90. The van der Waals surface area contributed by atoms with Crippen LogP contribution in [0.4, 0.5) is 5.69 Å². The van der Waals surface area contributed by atoms with E-state index in [-0.39, 0.29) is 17.6 Å². The number of hydrogen-bond donors (Lipinski definition) is 3. The van der Waals surface area contributed by atoms with Gasteiger partial charge in [-0.2, -0.15) is 0 Å². The van der Waals surface area contributed by atoms with Crippen LogP contribution in [-0.2, 0) is 0 Å². The van der Waals surface area contributed by atoms with Crippen molar-refractivity contribution in [3.8, 4) is 0 Å². The van der Waals surface area contributed by atoms with Crippen LogP contribution in [-0.4, -0.2) is 46.2 Å². The first-order valence-electron chi connectivity index (χ1n) is 7.02. The number of nitro groups is 1. The average Bonchev–Trinajstić information content (AvgIpc) is 3.16. The van der Waals surface area contributed by atoms with Gasteiger partial charge in [-0.15, -0.1) is 0 Å². The minimum absolute atomic E-state index is 0.0562. The third-order valence-corrected chi connectivity index (χ3v) is 3.24. The zero-order chi connectivity index (χ0) is 15.4. The SMILES string of the molecule is CC(O)CNCCNC(=O)c1cc([N+](=O)[O-])cn1C1CC1. The summed E-state index contributed by atoms with van der Waals surface area (Å²) >= 11 is 0. The van der Waals surface area contributed by atoms with E-state index in [1.165, 1.54) is 12.3 Å². The molecule has 0 radical (unpaired) electrons. The Morgan fingerprint density at radius 3 is 2.86 bits per heavy atom. The van der Waals surface area contributed by atoms with Crippen LogP contribution in [0.2, 0.25) is 0 Å². The predicted molar refractivity (Wildman–Crippen MR) is 76.2 cm³/mol. The highest BCUT2D eigenvalue weighted by molar-refractivity contribution is 5.93. The zero-order valence-corrected chi connectivity index (χ0v) is 11.9. The van der Waals surface area contributed by atoms with Crippen LogP contribution in [0.15, 0.2) is 12.3 Å². The van der Waals surface area contributed by atoms with Gasteiger partial charge in [-0.3, -0.25) is 14.9 Å². The van der Waals surface area contributed by atoms with Crippen molar-refractivity contribution in [1.29, 1.82) is 0 Å². The van der Waals surface area contributed by atoms with Crippen LogP contribution >= 0.6 is 0 Å². The highest BCUT2D eigenvalue weighted by atomic mass is 16.6. The molecule has 1 unspecified atom stereocenters. The summed E-state index contributed by atoms with van der Waals surface area (Å²) in [7, 11) is 0. The number of aliphatic hydroxyl groups excluding tert-OH is 1. The maximum Gasteiger partial charge on any atom is 0.287 e. The molecule has 2 rings (SSSR count). The Morgan fingerprint density at radius 2 is 2.29 bits per heavy atom. The molecule has 0 aliphatic heterocycles. The molecule has 0 aromatic carbocycles. The van der Waals surface area contributed by atoms with E-state index in [4.69, 9.17) is 5.11 Å². The Kier molecular flexibility index (Phi) is 4.92. The largest absolute Gasteiger partial charge is 0.392 e. The van der Waals surface area contributed by atoms with E-state index in [0.29, 0.717) is 25.3 Å². The minimum atomic E-state index is -0.486. The van der Waals surface area contributed by atoms with E-state index in [9.17, 15) is 14.9 Å². The Hall–Kier alpha value is -1.93. The monoisotopic (exact) mass is 296 g/mol. The topological polar surface area (TPSA) is 109 Å². The van der Waals surface area contributed by atoms with Gasteiger partial charge >= 0.3 is 0 Å². The van der Waals surface area contributed by atoms with E-state index in [2.05, 4.69) is 10.6 Å². The third kappa shape index (κ3) is 4.27. The second-order valence-corrected chi connectivity index (χ2v) is 5.29. The lowest BCUT2D eigenvalue weighted by atomic mass is 10.3. The average molecular weight is 296 g/mol. The lowest BCUT2D eigenvalue weighted by Crippen LogP contribution is -2.35. The van der Waals surface area contributed by atoms with Gasteiger partial charge in [-0.05, 0) is 19.8 Å². The second-order valence-electron chi connectivity index (χ2n) is 5.29. The third-order valence-electron chi connectivity index (χ3n) is 3.24. The van der Waals surface area contributed by atoms with E-state index < -0.39 is 11.0 Å². The Bertz CT molecular complexity index is 522. The summed E-state index contributed by atoms with van der Waals surface area (Å²) in [5.41, 5.74) is 0.277. The summed E-state index contributed by atoms with van der Waals surface area (Å²) in [6, 6.07) is 1.52. The summed E-state index contributed by atoms with van der Waals surface area (Å²) in [5.74, 6) is -0.311. The number of nitrogens with one attached hydrogen (secondary N) is 2. The maximum atomic E-state index is 12.1. The fraction of sp³-hybridized carbons (Fsp3) is 0.615. The number of aromatic nitrogens is 1.